The Morgan fingerprint density at radius 3 is 2.00 bits per heavy atom. The number of benzene rings is 1. The fourth-order valence-electron chi connectivity index (χ4n) is 1.68. The third kappa shape index (κ3) is 4.94. The lowest BCUT2D eigenvalue weighted by atomic mass is 9.87. The summed E-state index contributed by atoms with van der Waals surface area (Å²) < 4.78 is 0. The van der Waals surface area contributed by atoms with E-state index in [1.54, 1.807) is 6.92 Å². The topological polar surface area (TPSA) is 34.1 Å². The standard InChI is InChI=1S/C15H20O2/c1-11(16)9-12-5-7-13(8-6-12)14(17)10-15(2,3)4/h5-8H,9-10H2,1-4H3. The molecule has 17 heavy (non-hydrogen) atoms. The molecule has 0 spiro atoms. The highest BCUT2D eigenvalue weighted by atomic mass is 16.1. The Labute approximate surface area is 103 Å². The Morgan fingerprint density at radius 1 is 1.06 bits per heavy atom. The molecule has 92 valence electrons. The molecule has 1 aromatic rings. The number of ketones is 2. The zero-order valence-corrected chi connectivity index (χ0v) is 11.0. The summed E-state index contributed by atoms with van der Waals surface area (Å²) in [6.45, 7) is 7.72. The monoisotopic (exact) mass is 232 g/mol. The third-order valence-corrected chi connectivity index (χ3v) is 2.42. The van der Waals surface area contributed by atoms with Gasteiger partial charge in [-0.05, 0) is 17.9 Å². The smallest absolute Gasteiger partial charge is 0.163 e. The predicted molar refractivity (Wildman–Crippen MR) is 69.2 cm³/mol. The minimum absolute atomic E-state index is 0.00907. The summed E-state index contributed by atoms with van der Waals surface area (Å²) in [7, 11) is 0. The number of carbonyl (C=O) groups excluding carboxylic acids is 2. The lowest BCUT2D eigenvalue weighted by Gasteiger charge is -2.16. The molecule has 2 nitrogen and oxygen atoms in total. The second kappa shape index (κ2) is 5.26. The van der Waals surface area contributed by atoms with Crippen LogP contribution in [0.4, 0.5) is 0 Å². The summed E-state index contributed by atoms with van der Waals surface area (Å²) in [4.78, 5) is 22.9. The fourth-order valence-corrected chi connectivity index (χ4v) is 1.68. The first-order valence-electron chi connectivity index (χ1n) is 5.89. The molecule has 1 rings (SSSR count). The van der Waals surface area contributed by atoms with Gasteiger partial charge in [-0.15, -0.1) is 0 Å². The van der Waals surface area contributed by atoms with Crippen molar-refractivity contribution in [1.82, 2.24) is 0 Å². The van der Waals surface area contributed by atoms with Gasteiger partial charge in [-0.1, -0.05) is 45.0 Å². The number of hydrogen-bond donors (Lipinski definition) is 0. The van der Waals surface area contributed by atoms with Crippen LogP contribution < -0.4 is 0 Å². The molecule has 0 atom stereocenters. The number of hydrogen-bond acceptors (Lipinski definition) is 2. The molecule has 2 heteroatoms. The number of carbonyl (C=O) groups is 2. The van der Waals surface area contributed by atoms with Gasteiger partial charge in [0, 0.05) is 18.4 Å². The first kappa shape index (κ1) is 13.6. The van der Waals surface area contributed by atoms with E-state index in [4.69, 9.17) is 0 Å². The van der Waals surface area contributed by atoms with E-state index in [0.717, 1.165) is 11.1 Å². The lowest BCUT2D eigenvalue weighted by Crippen LogP contribution is -2.13. The maximum absolute atomic E-state index is 11.9. The van der Waals surface area contributed by atoms with Gasteiger partial charge in [0.2, 0.25) is 0 Å². The molecule has 0 amide bonds. The Bertz CT molecular complexity index is 408. The van der Waals surface area contributed by atoms with E-state index in [1.165, 1.54) is 0 Å². The molecule has 0 aliphatic rings. The third-order valence-electron chi connectivity index (χ3n) is 2.42. The second-order valence-electron chi connectivity index (χ2n) is 5.74. The van der Waals surface area contributed by atoms with Crippen molar-refractivity contribution in [3.8, 4) is 0 Å². The van der Waals surface area contributed by atoms with Crippen LogP contribution in [0.2, 0.25) is 0 Å². The highest BCUT2D eigenvalue weighted by Gasteiger charge is 2.17. The van der Waals surface area contributed by atoms with Crippen molar-refractivity contribution >= 4 is 11.6 Å². The fraction of sp³-hybridized carbons (Fsp3) is 0.467. The van der Waals surface area contributed by atoms with Crippen LogP contribution in [-0.4, -0.2) is 11.6 Å². The average Bonchev–Trinajstić information content (AvgIpc) is 2.15. The molecule has 1 aromatic carbocycles. The Kier molecular flexibility index (Phi) is 4.22. The largest absolute Gasteiger partial charge is 0.300 e. The normalized spacial score (nSPS) is 11.3. The molecule has 0 N–H and O–H groups in total. The highest BCUT2D eigenvalue weighted by molar-refractivity contribution is 5.96. The van der Waals surface area contributed by atoms with E-state index >= 15 is 0 Å². The van der Waals surface area contributed by atoms with Crippen LogP contribution in [0.25, 0.3) is 0 Å². The summed E-state index contributed by atoms with van der Waals surface area (Å²) in [5, 5.41) is 0. The van der Waals surface area contributed by atoms with Gasteiger partial charge in [-0.25, -0.2) is 0 Å². The summed E-state index contributed by atoms with van der Waals surface area (Å²) in [6, 6.07) is 7.34. The maximum Gasteiger partial charge on any atom is 0.163 e. The average molecular weight is 232 g/mol. The van der Waals surface area contributed by atoms with Crippen LogP contribution >= 0.6 is 0 Å². The van der Waals surface area contributed by atoms with Crippen LogP contribution in [0.1, 0.15) is 50.0 Å². The molecular weight excluding hydrogens is 212 g/mol. The van der Waals surface area contributed by atoms with Crippen molar-refractivity contribution in [2.75, 3.05) is 0 Å². The zero-order chi connectivity index (χ0) is 13.1. The van der Waals surface area contributed by atoms with Crippen molar-refractivity contribution < 1.29 is 9.59 Å². The first-order chi connectivity index (χ1) is 7.78. The summed E-state index contributed by atoms with van der Waals surface area (Å²) in [5.74, 6) is 0.297. The SMILES string of the molecule is CC(=O)Cc1ccc(C(=O)CC(C)(C)C)cc1. The highest BCUT2D eigenvalue weighted by Crippen LogP contribution is 2.21. The van der Waals surface area contributed by atoms with Gasteiger partial charge >= 0.3 is 0 Å². The van der Waals surface area contributed by atoms with Gasteiger partial charge < -0.3 is 0 Å². The molecular formula is C15H20O2. The van der Waals surface area contributed by atoms with Crippen LogP contribution in [0, 0.1) is 5.41 Å². The van der Waals surface area contributed by atoms with Gasteiger partial charge in [0.15, 0.2) is 5.78 Å². The van der Waals surface area contributed by atoms with Gasteiger partial charge in [0.1, 0.15) is 5.78 Å². The minimum Gasteiger partial charge on any atom is -0.300 e. The molecule has 0 aromatic heterocycles. The van der Waals surface area contributed by atoms with Crippen molar-refractivity contribution in [2.24, 2.45) is 5.41 Å². The van der Waals surface area contributed by atoms with Crippen molar-refractivity contribution in [3.63, 3.8) is 0 Å². The molecule has 0 heterocycles. The maximum atomic E-state index is 11.9. The Hall–Kier alpha value is -1.44. The zero-order valence-electron chi connectivity index (χ0n) is 11.0. The van der Waals surface area contributed by atoms with Gasteiger partial charge in [-0.3, -0.25) is 9.59 Å². The predicted octanol–water partition coefficient (Wildman–Crippen LogP) is 3.44. The van der Waals surface area contributed by atoms with E-state index in [0.29, 0.717) is 12.8 Å². The number of Topliss-reactive ketones (excluding diaryl/α,β-unsaturated/α-hetero) is 2. The van der Waals surface area contributed by atoms with Crippen LogP contribution in [-0.2, 0) is 11.2 Å². The van der Waals surface area contributed by atoms with Crippen LogP contribution in [0.3, 0.4) is 0 Å². The van der Waals surface area contributed by atoms with E-state index in [-0.39, 0.29) is 17.0 Å². The summed E-state index contributed by atoms with van der Waals surface area (Å²) in [5.41, 5.74) is 1.70. The van der Waals surface area contributed by atoms with Crippen LogP contribution in [0.5, 0.6) is 0 Å². The molecule has 0 fully saturated rings. The van der Waals surface area contributed by atoms with E-state index < -0.39 is 0 Å². The summed E-state index contributed by atoms with van der Waals surface area (Å²) >= 11 is 0. The van der Waals surface area contributed by atoms with Crippen molar-refractivity contribution in [1.29, 1.82) is 0 Å². The van der Waals surface area contributed by atoms with E-state index in [9.17, 15) is 9.59 Å². The van der Waals surface area contributed by atoms with Gasteiger partial charge in [0.25, 0.3) is 0 Å². The lowest BCUT2D eigenvalue weighted by molar-refractivity contribution is -0.116. The molecule has 0 aliphatic heterocycles. The number of rotatable bonds is 4. The van der Waals surface area contributed by atoms with Gasteiger partial charge in [0.05, 0.1) is 0 Å². The molecule has 0 unspecified atom stereocenters. The van der Waals surface area contributed by atoms with E-state index in [1.807, 2.05) is 24.3 Å². The molecule has 0 saturated carbocycles. The molecule has 0 saturated heterocycles. The van der Waals surface area contributed by atoms with Crippen molar-refractivity contribution in [2.45, 2.75) is 40.5 Å². The van der Waals surface area contributed by atoms with Gasteiger partial charge in [-0.2, -0.15) is 0 Å². The summed E-state index contributed by atoms with van der Waals surface area (Å²) in [6.07, 6.45) is 0.979. The van der Waals surface area contributed by atoms with Crippen LogP contribution in [0.15, 0.2) is 24.3 Å². The van der Waals surface area contributed by atoms with Crippen molar-refractivity contribution in [3.05, 3.63) is 35.4 Å². The Morgan fingerprint density at radius 2 is 1.59 bits per heavy atom. The van der Waals surface area contributed by atoms with E-state index in [2.05, 4.69) is 20.8 Å². The minimum atomic E-state index is 0.00907. The molecule has 0 bridgehead atoms. The first-order valence-corrected chi connectivity index (χ1v) is 5.89. The second-order valence-corrected chi connectivity index (χ2v) is 5.74. The quantitative estimate of drug-likeness (QED) is 0.745. The molecule has 0 radical (unpaired) electrons. The molecule has 0 aliphatic carbocycles. The Balaban J connectivity index is 2.74.